The number of carbonyl (C=O) groups is 1. The molecule has 1 atom stereocenters. The van der Waals surface area contributed by atoms with Crippen LogP contribution in [0, 0.1) is 11.6 Å². The molecule has 3 heterocycles. The third kappa shape index (κ3) is 4.48. The Labute approximate surface area is 201 Å². The number of morpholine rings is 1. The summed E-state index contributed by atoms with van der Waals surface area (Å²) in [5.41, 5.74) is 1.57. The molecule has 0 bridgehead atoms. The molecule has 0 radical (unpaired) electrons. The van der Waals surface area contributed by atoms with Crippen molar-refractivity contribution in [2.24, 2.45) is 0 Å². The molecule has 1 amide bonds. The van der Waals surface area contributed by atoms with E-state index in [1.54, 1.807) is 26.2 Å². The van der Waals surface area contributed by atoms with Crippen molar-refractivity contribution in [1.82, 2.24) is 4.90 Å². The summed E-state index contributed by atoms with van der Waals surface area (Å²) in [4.78, 5) is 31.4. The normalized spacial score (nSPS) is 18.3. The van der Waals surface area contributed by atoms with Crippen molar-refractivity contribution < 1.29 is 22.7 Å². The Morgan fingerprint density at radius 1 is 1.00 bits per heavy atom. The van der Waals surface area contributed by atoms with Gasteiger partial charge in [0.15, 0.2) is 11.3 Å². The van der Waals surface area contributed by atoms with Gasteiger partial charge >= 0.3 is 0 Å². The minimum absolute atomic E-state index is 0.244. The zero-order valence-electron chi connectivity index (χ0n) is 19.7. The largest absolute Gasteiger partial charge is 0.440 e. The molecule has 0 saturated carbocycles. The highest BCUT2D eigenvalue weighted by molar-refractivity contribution is 5.98. The van der Waals surface area contributed by atoms with Crippen LogP contribution in [0.4, 0.5) is 20.4 Å². The second-order valence-corrected chi connectivity index (χ2v) is 9.17. The summed E-state index contributed by atoms with van der Waals surface area (Å²) in [6.45, 7) is 2.84. The fraction of sp³-hybridized carbons (Fsp3) is 0.385. The average molecular weight is 484 g/mol. The SMILES string of the molecule is CN(C)C(=O)c1cc(C2CCCN2c2cc(F)cc(F)c2)c2oc(N3CCOCC3)cc(=O)c2c1. The molecule has 2 aliphatic rings. The molecular weight excluding hydrogens is 456 g/mol. The zero-order valence-corrected chi connectivity index (χ0v) is 19.7. The van der Waals surface area contributed by atoms with E-state index >= 15 is 0 Å². The maximum atomic E-state index is 14.0. The van der Waals surface area contributed by atoms with E-state index in [-0.39, 0.29) is 17.4 Å². The molecule has 1 unspecified atom stereocenters. The van der Waals surface area contributed by atoms with Crippen LogP contribution in [0.1, 0.15) is 34.8 Å². The highest BCUT2D eigenvalue weighted by Gasteiger charge is 2.31. The number of ether oxygens (including phenoxy) is 1. The Hall–Kier alpha value is -3.46. The van der Waals surface area contributed by atoms with Crippen LogP contribution in [0.3, 0.4) is 0 Å². The number of rotatable bonds is 4. The van der Waals surface area contributed by atoms with Gasteiger partial charge in [0.25, 0.3) is 5.91 Å². The first-order valence-corrected chi connectivity index (χ1v) is 11.7. The van der Waals surface area contributed by atoms with Gasteiger partial charge in [-0.1, -0.05) is 0 Å². The third-order valence-electron chi connectivity index (χ3n) is 6.61. The molecule has 2 aromatic carbocycles. The van der Waals surface area contributed by atoms with Crippen LogP contribution >= 0.6 is 0 Å². The minimum Gasteiger partial charge on any atom is -0.440 e. The number of fused-ring (bicyclic) bond motifs is 1. The smallest absolute Gasteiger partial charge is 0.253 e. The fourth-order valence-corrected chi connectivity index (χ4v) is 4.95. The second kappa shape index (κ2) is 9.30. The van der Waals surface area contributed by atoms with E-state index in [1.165, 1.54) is 23.1 Å². The van der Waals surface area contributed by atoms with Gasteiger partial charge in [-0.2, -0.15) is 0 Å². The molecule has 7 nitrogen and oxygen atoms in total. The van der Waals surface area contributed by atoms with Gasteiger partial charge in [-0.3, -0.25) is 9.59 Å². The Kier molecular flexibility index (Phi) is 6.19. The highest BCUT2D eigenvalue weighted by atomic mass is 19.1. The molecule has 1 aromatic heterocycles. The van der Waals surface area contributed by atoms with E-state index in [2.05, 4.69) is 0 Å². The first-order chi connectivity index (χ1) is 16.8. The van der Waals surface area contributed by atoms with Crippen LogP contribution in [0.5, 0.6) is 0 Å². The fourth-order valence-electron chi connectivity index (χ4n) is 4.95. The summed E-state index contributed by atoms with van der Waals surface area (Å²) in [5, 5.41) is 0.307. The van der Waals surface area contributed by atoms with Gasteiger partial charge in [0, 0.05) is 62.7 Å². The summed E-state index contributed by atoms with van der Waals surface area (Å²) in [6, 6.07) is 7.88. The van der Waals surface area contributed by atoms with Crippen LogP contribution < -0.4 is 15.2 Å². The second-order valence-electron chi connectivity index (χ2n) is 9.17. The summed E-state index contributed by atoms with van der Waals surface area (Å²) in [6.07, 6.45) is 1.46. The molecule has 3 aromatic rings. The summed E-state index contributed by atoms with van der Waals surface area (Å²) >= 11 is 0. The van der Waals surface area contributed by atoms with Gasteiger partial charge in [0.2, 0.25) is 0 Å². The lowest BCUT2D eigenvalue weighted by Gasteiger charge is -2.29. The molecular formula is C26H27F2N3O4. The lowest BCUT2D eigenvalue weighted by Crippen LogP contribution is -2.36. The van der Waals surface area contributed by atoms with E-state index in [0.717, 1.165) is 12.5 Å². The molecule has 35 heavy (non-hydrogen) atoms. The molecule has 2 saturated heterocycles. The van der Waals surface area contributed by atoms with Crippen molar-refractivity contribution in [3.8, 4) is 0 Å². The van der Waals surface area contributed by atoms with Crippen molar-refractivity contribution >= 4 is 28.4 Å². The predicted octanol–water partition coefficient (Wildman–Crippen LogP) is 3.95. The van der Waals surface area contributed by atoms with E-state index < -0.39 is 11.6 Å². The summed E-state index contributed by atoms with van der Waals surface area (Å²) < 4.78 is 39.8. The van der Waals surface area contributed by atoms with Crippen LogP contribution in [-0.4, -0.2) is 57.8 Å². The van der Waals surface area contributed by atoms with Crippen LogP contribution in [-0.2, 0) is 4.74 Å². The van der Waals surface area contributed by atoms with Crippen molar-refractivity contribution in [2.75, 3.05) is 56.7 Å². The number of hydrogen-bond donors (Lipinski definition) is 0. The van der Waals surface area contributed by atoms with E-state index in [9.17, 15) is 18.4 Å². The summed E-state index contributed by atoms with van der Waals surface area (Å²) in [7, 11) is 3.29. The molecule has 0 aliphatic carbocycles. The number of nitrogens with zero attached hydrogens (tertiary/aromatic N) is 3. The van der Waals surface area contributed by atoms with Gasteiger partial charge in [-0.25, -0.2) is 8.78 Å². The molecule has 2 fully saturated rings. The molecule has 184 valence electrons. The lowest BCUT2D eigenvalue weighted by molar-refractivity contribution is 0.0827. The lowest BCUT2D eigenvalue weighted by atomic mass is 9.97. The van der Waals surface area contributed by atoms with Crippen molar-refractivity contribution in [3.05, 3.63) is 69.4 Å². The Balaban J connectivity index is 1.69. The standard InChI is InChI=1S/C26H27F2N3O4/c1-29(2)26(33)16-10-20(22-4-3-5-31(22)19-13-17(27)12-18(28)14-19)25-21(11-16)23(32)15-24(35-25)30-6-8-34-9-7-30/h10-15,22H,3-9H2,1-2H3. The highest BCUT2D eigenvalue weighted by Crippen LogP contribution is 2.40. The molecule has 9 heteroatoms. The number of anilines is 2. The third-order valence-corrected chi connectivity index (χ3v) is 6.61. The van der Waals surface area contributed by atoms with Gasteiger partial charge in [0.05, 0.1) is 24.6 Å². The number of carbonyl (C=O) groups excluding carboxylic acids is 1. The van der Waals surface area contributed by atoms with Crippen LogP contribution in [0.2, 0.25) is 0 Å². The van der Waals surface area contributed by atoms with Gasteiger partial charge in [-0.05, 0) is 37.1 Å². The van der Waals surface area contributed by atoms with Gasteiger partial charge in [-0.15, -0.1) is 0 Å². The van der Waals surface area contributed by atoms with E-state index in [0.29, 0.717) is 72.9 Å². The van der Waals surface area contributed by atoms with Crippen LogP contribution in [0.25, 0.3) is 11.0 Å². The monoisotopic (exact) mass is 483 g/mol. The maximum absolute atomic E-state index is 14.0. The molecule has 0 N–H and O–H groups in total. The van der Waals surface area contributed by atoms with Crippen molar-refractivity contribution in [2.45, 2.75) is 18.9 Å². The topological polar surface area (TPSA) is 66.2 Å². The maximum Gasteiger partial charge on any atom is 0.253 e. The van der Waals surface area contributed by atoms with Crippen molar-refractivity contribution in [1.29, 1.82) is 0 Å². The summed E-state index contributed by atoms with van der Waals surface area (Å²) in [5.74, 6) is -1.12. The Bertz CT molecular complexity index is 1310. The first-order valence-electron chi connectivity index (χ1n) is 11.7. The number of halogens is 2. The molecule has 0 spiro atoms. The zero-order chi connectivity index (χ0) is 24.7. The van der Waals surface area contributed by atoms with Crippen molar-refractivity contribution in [3.63, 3.8) is 0 Å². The first kappa shape index (κ1) is 23.3. The van der Waals surface area contributed by atoms with Crippen LogP contribution in [0.15, 0.2) is 45.6 Å². The molecule has 2 aliphatic heterocycles. The van der Waals surface area contributed by atoms with Gasteiger partial charge in [0.1, 0.15) is 17.2 Å². The van der Waals surface area contributed by atoms with Gasteiger partial charge < -0.3 is 23.9 Å². The average Bonchev–Trinajstić information content (AvgIpc) is 3.33. The quantitative estimate of drug-likeness (QED) is 0.560. The predicted molar refractivity (Wildman–Crippen MR) is 129 cm³/mol. The number of benzene rings is 2. The number of hydrogen-bond acceptors (Lipinski definition) is 6. The Morgan fingerprint density at radius 2 is 1.71 bits per heavy atom. The Morgan fingerprint density at radius 3 is 2.40 bits per heavy atom. The van der Waals surface area contributed by atoms with E-state index in [4.69, 9.17) is 9.15 Å². The number of amides is 1. The van der Waals surface area contributed by atoms with E-state index in [1.807, 2.05) is 9.80 Å². The molecule has 5 rings (SSSR count). The minimum atomic E-state index is -0.659.